The van der Waals surface area contributed by atoms with Gasteiger partial charge in [-0.1, -0.05) is 0 Å². The van der Waals surface area contributed by atoms with Gasteiger partial charge in [0.15, 0.2) is 70.9 Å². The van der Waals surface area contributed by atoms with Gasteiger partial charge in [-0.3, -0.25) is 102 Å². The standard InChI is InChI=1S/C57H73N24O40P5/c58-22-1-4-76(55(93)67-22)47-30(85)35(16(7-82)111-47)117-123(98,99)107-11-20-38(33(88)50(115-20)80-14-65-26-41(80)71-53(62)74-44(26)91)121-126(104,105)110-12-21-39(34(89)51(116-21)81-15-66-27-42(81)72-54(63)75-45(27)92)120-125(102,103)109-10-19-37(32(87)49(114-19)78-6-3-24(60)69-57(78)95)119-124(100,101)108-9-18-36(31(86)48(113-18)77-5-2-23(59)68-56(77)94)118-122(96,97)106-8-17-28(83)29(84)46(112-17)79-13-64-25-40(79)70-52(61)73-43(25)90/h1-6,13-21,28-39,46-51,82-89H,7-12H2,(H,96,97)(H,98,99)(H,100,101)(H,102,103)(H,104,105)(H2,58,67,93)(H2,59,68,94)(H2,60,69,95)(H3,61,70,73,90)(H3,62,71,74,91)(H3,63,72,75,92)/t16-,17-,18-,19-,20-,21-,28-,29-,30-,31-,32-,33-,34-,35-,36-,37-,38-,39-,46-,47-,48-,49-,50-,51-/m1/s1. The number of nitrogens with zero attached hydrogens (tertiary/aromatic N) is 15. The van der Waals surface area contributed by atoms with E-state index in [1.54, 1.807) is 0 Å². The smallest absolute Gasteiger partial charge is 0.394 e. The lowest BCUT2D eigenvalue weighted by Gasteiger charge is -2.27. The number of ether oxygens (including phenoxy) is 6. The summed E-state index contributed by atoms with van der Waals surface area (Å²) in [4.78, 5) is 176. The number of nitrogens with two attached hydrogens (primary N) is 6. The van der Waals surface area contributed by atoms with E-state index >= 15 is 0 Å². The fourth-order valence-corrected chi connectivity index (χ4v) is 19.0. The fraction of sp³-hybridized carbons (Fsp3) is 0.526. The topological polar surface area (TPSA) is 948 Å². The summed E-state index contributed by atoms with van der Waals surface area (Å²) in [6, 6.07) is 3.17. The molecule has 9 aromatic heterocycles. The molecule has 0 aromatic carbocycles. The molecule has 6 saturated heterocycles. The summed E-state index contributed by atoms with van der Waals surface area (Å²) in [7, 11) is -29.4. The normalized spacial score (nSPS) is 32.4. The number of aliphatic hydroxyl groups is 8. The fourth-order valence-electron chi connectivity index (χ4n) is 14.2. The van der Waals surface area contributed by atoms with E-state index in [4.69, 9.17) is 108 Å². The molecule has 28 N–H and O–H groups in total. The van der Waals surface area contributed by atoms with Crippen molar-refractivity contribution in [3.8, 4) is 0 Å². The second-order valence-electron chi connectivity index (χ2n) is 28.1. The summed E-state index contributed by atoms with van der Waals surface area (Å²) in [5, 5.41) is 91.1. The number of imidazole rings is 3. The Labute approximate surface area is 694 Å². The molecular weight excluding hydrogens is 1820 g/mol. The third kappa shape index (κ3) is 18.6. The van der Waals surface area contributed by atoms with Gasteiger partial charge in [0.2, 0.25) is 17.8 Å². The molecule has 0 bridgehead atoms. The summed E-state index contributed by atoms with van der Waals surface area (Å²) >= 11 is 0. The summed E-state index contributed by atoms with van der Waals surface area (Å²) in [6.07, 6.45) is -44.7. The largest absolute Gasteiger partial charge is 0.472 e. The molecular formula is C57H73N24O40P5. The molecule has 6 fully saturated rings. The lowest BCUT2D eigenvalue weighted by atomic mass is 10.1. The highest BCUT2D eigenvalue weighted by Gasteiger charge is 2.58. The van der Waals surface area contributed by atoms with Crippen molar-refractivity contribution in [3.05, 3.63) is 118 Å². The number of phosphoric acid groups is 5. The zero-order valence-electron chi connectivity index (χ0n) is 63.0. The number of rotatable bonds is 32. The lowest BCUT2D eigenvalue weighted by molar-refractivity contribution is -0.0661. The molecule has 0 aliphatic carbocycles. The Morgan fingerprint density at radius 1 is 0.333 bits per heavy atom. The van der Waals surface area contributed by atoms with E-state index in [9.17, 15) is 117 Å². The third-order valence-corrected chi connectivity index (χ3v) is 24.8. The van der Waals surface area contributed by atoms with E-state index in [1.165, 1.54) is 0 Å². The second kappa shape index (κ2) is 35.2. The van der Waals surface area contributed by atoms with Gasteiger partial charge in [0.05, 0.1) is 58.6 Å². The van der Waals surface area contributed by atoms with Crippen molar-refractivity contribution < 1.29 is 162 Å². The van der Waals surface area contributed by atoms with Crippen LogP contribution in [0.25, 0.3) is 33.5 Å². The average Bonchev–Trinajstić information content (AvgIpc) is 1.61. The predicted octanol–water partition coefficient (Wildman–Crippen LogP) is -9.94. The van der Waals surface area contributed by atoms with Gasteiger partial charge in [-0.15, -0.1) is 0 Å². The van der Waals surface area contributed by atoms with E-state index in [2.05, 4.69) is 59.8 Å². The first-order chi connectivity index (χ1) is 59.3. The number of aliphatic hydroxyl groups excluding tert-OH is 8. The van der Waals surface area contributed by atoms with Crippen LogP contribution in [0.3, 0.4) is 0 Å². The van der Waals surface area contributed by atoms with Crippen molar-refractivity contribution in [1.82, 2.24) is 87.2 Å². The SMILES string of the molecule is Nc1ccn([C@@H]2O[C@H](CO)[C@@H](OP(=O)(O)OC[C@H]3O[C@@H](n4cnc5c(=O)[nH]c(N)nc54)[C@H](O)[C@@H]3OP(=O)(O)OC[C@H]3O[C@@H](n4cnc5c(=O)[nH]c(N)nc54)[C@H](O)[C@@H]3OP(=O)(O)OC[C@H]3O[C@@H](n4ccc(N)nc4=O)[C@H](O)[C@@H]3OP(=O)(O)OC[C@H]3O[C@@H](n4ccc(N)nc4=O)[C@H](O)[C@@H]3OP(=O)(O)OC[C@H]3O[C@@H](n4cnc5c(=O)[nH]c(N)nc54)[C@H](O)[C@@H]3O)[C@H]2O)c(=O)n1. The highest BCUT2D eigenvalue weighted by atomic mass is 31.2. The minimum Gasteiger partial charge on any atom is -0.394 e. The van der Waals surface area contributed by atoms with E-state index in [0.717, 1.165) is 69.5 Å². The number of aromatic amines is 3. The lowest BCUT2D eigenvalue weighted by Crippen LogP contribution is -2.39. The molecule has 15 rings (SSSR count). The average molecular weight is 1890 g/mol. The van der Waals surface area contributed by atoms with Crippen LogP contribution in [-0.2, 0) is 96.5 Å². The van der Waals surface area contributed by atoms with E-state index in [0.29, 0.717) is 13.7 Å². The van der Waals surface area contributed by atoms with Crippen molar-refractivity contribution >= 4 is 108 Å². The molecule has 64 nitrogen and oxygen atoms in total. The van der Waals surface area contributed by atoms with E-state index < -0.39 is 300 Å². The first kappa shape index (κ1) is 91.2. The first-order valence-corrected chi connectivity index (χ1v) is 43.6. The minimum atomic E-state index is -6.06. The maximum atomic E-state index is 14.5. The molecule has 6 aliphatic rings. The molecule has 5 unspecified atom stereocenters. The maximum absolute atomic E-state index is 14.5. The molecule has 15 heterocycles. The van der Waals surface area contributed by atoms with Gasteiger partial charge in [-0.05, 0) is 18.2 Å². The van der Waals surface area contributed by atoms with Crippen molar-refractivity contribution in [2.24, 2.45) is 0 Å². The van der Waals surface area contributed by atoms with Crippen molar-refractivity contribution in [1.29, 1.82) is 0 Å². The van der Waals surface area contributed by atoms with E-state index in [-0.39, 0.29) is 28.7 Å². The molecule has 9 aromatic rings. The molecule has 29 atom stereocenters. The van der Waals surface area contributed by atoms with Crippen molar-refractivity contribution in [2.75, 3.05) is 74.0 Å². The van der Waals surface area contributed by atoms with Gasteiger partial charge in [0.1, 0.15) is 127 Å². The Hall–Kier alpha value is -9.52. The number of phosphoric ester groups is 5. The molecule has 0 spiro atoms. The Morgan fingerprint density at radius 3 is 0.825 bits per heavy atom. The Kier molecular flexibility index (Phi) is 25.5. The maximum Gasteiger partial charge on any atom is 0.472 e. The molecule has 69 heteroatoms. The first-order valence-electron chi connectivity index (χ1n) is 36.2. The molecule has 0 saturated carbocycles. The second-order valence-corrected chi connectivity index (χ2v) is 35.2. The van der Waals surface area contributed by atoms with Crippen LogP contribution in [0.5, 0.6) is 0 Å². The van der Waals surface area contributed by atoms with Gasteiger partial charge in [-0.25, -0.2) is 52.2 Å². The van der Waals surface area contributed by atoms with Crippen LogP contribution < -0.4 is 68.1 Å². The van der Waals surface area contributed by atoms with Crippen molar-refractivity contribution in [3.63, 3.8) is 0 Å². The zero-order chi connectivity index (χ0) is 90.6. The van der Waals surface area contributed by atoms with Crippen LogP contribution in [0.4, 0.5) is 35.3 Å². The quantitative estimate of drug-likeness (QED) is 0.0174. The highest BCUT2D eigenvalue weighted by Crippen LogP contribution is 2.57. The highest BCUT2D eigenvalue weighted by molar-refractivity contribution is 7.48. The molecule has 686 valence electrons. The number of fused-ring (bicyclic) bond motifs is 3. The van der Waals surface area contributed by atoms with Gasteiger partial charge in [0.25, 0.3) is 16.7 Å². The van der Waals surface area contributed by atoms with Gasteiger partial charge >= 0.3 is 56.2 Å². The monoisotopic (exact) mass is 1890 g/mol. The van der Waals surface area contributed by atoms with Crippen LogP contribution in [0, 0.1) is 0 Å². The number of nitrogens with one attached hydrogen (secondary N) is 3. The molecule has 6 aliphatic heterocycles. The summed E-state index contributed by atoms with van der Waals surface area (Å²) < 4.78 is 163. The van der Waals surface area contributed by atoms with Crippen LogP contribution >= 0.6 is 39.1 Å². The Balaban J connectivity index is 0.657. The van der Waals surface area contributed by atoms with Gasteiger partial charge < -0.3 is 128 Å². The minimum absolute atomic E-state index is 0.227. The summed E-state index contributed by atoms with van der Waals surface area (Å²) in [5.74, 6) is -2.44. The Bertz CT molecular complexity index is 6260. The van der Waals surface area contributed by atoms with Crippen LogP contribution in [0.15, 0.2) is 84.5 Å². The summed E-state index contributed by atoms with van der Waals surface area (Å²) in [5.41, 5.74) is 25.7. The molecule has 126 heavy (non-hydrogen) atoms. The number of hydrogen-bond acceptors (Lipinski definition) is 50. The molecule has 0 amide bonds. The third-order valence-electron chi connectivity index (χ3n) is 19.9. The van der Waals surface area contributed by atoms with Crippen molar-refractivity contribution in [2.45, 2.75) is 147 Å². The van der Waals surface area contributed by atoms with Gasteiger partial charge in [-0.2, -0.15) is 29.9 Å². The number of aromatic nitrogens is 18. The number of nitrogen functional groups attached to an aromatic ring is 6. The number of hydrogen-bond donors (Lipinski definition) is 22. The predicted molar refractivity (Wildman–Crippen MR) is 402 cm³/mol. The van der Waals surface area contributed by atoms with Gasteiger partial charge in [0, 0.05) is 18.6 Å². The van der Waals surface area contributed by atoms with Crippen LogP contribution in [0.2, 0.25) is 0 Å². The molecule has 0 radical (unpaired) electrons. The van der Waals surface area contributed by atoms with Crippen LogP contribution in [-0.4, -0.2) is 302 Å². The number of anilines is 6. The summed E-state index contributed by atoms with van der Waals surface area (Å²) in [6.45, 7) is -7.86. The Morgan fingerprint density at radius 2 is 0.563 bits per heavy atom. The van der Waals surface area contributed by atoms with E-state index in [1.807, 2.05) is 0 Å². The zero-order valence-corrected chi connectivity index (χ0v) is 67.5. The van der Waals surface area contributed by atoms with Crippen LogP contribution in [0.1, 0.15) is 37.4 Å². The number of H-pyrrole nitrogens is 3.